The van der Waals surface area contributed by atoms with E-state index >= 15 is 0 Å². The van der Waals surface area contributed by atoms with Gasteiger partial charge in [-0.3, -0.25) is 14.5 Å². The van der Waals surface area contributed by atoms with Crippen LogP contribution in [0.1, 0.15) is 36.7 Å². The van der Waals surface area contributed by atoms with Crippen LogP contribution in [-0.2, 0) is 9.53 Å². The van der Waals surface area contributed by atoms with Gasteiger partial charge in [-0.15, -0.1) is 0 Å². The number of aromatic nitrogens is 1. The summed E-state index contributed by atoms with van der Waals surface area (Å²) in [7, 11) is 0. The fourth-order valence-electron chi connectivity index (χ4n) is 4.63. The molecule has 2 amide bonds. The van der Waals surface area contributed by atoms with Crippen molar-refractivity contribution in [2.45, 2.75) is 32.2 Å². The van der Waals surface area contributed by atoms with E-state index in [0.29, 0.717) is 18.8 Å². The molecule has 1 aromatic heterocycles. The summed E-state index contributed by atoms with van der Waals surface area (Å²) in [5, 5.41) is 1.03. The molecular weight excluding hydrogens is 392 g/mol. The van der Waals surface area contributed by atoms with E-state index in [4.69, 9.17) is 4.74 Å². The van der Waals surface area contributed by atoms with E-state index in [1.165, 1.54) is 0 Å². The van der Waals surface area contributed by atoms with Gasteiger partial charge in [-0.2, -0.15) is 0 Å². The lowest BCUT2D eigenvalue weighted by Crippen LogP contribution is -2.52. The number of carbonyl (C=O) groups excluding carboxylic acids is 2. The van der Waals surface area contributed by atoms with Crippen molar-refractivity contribution in [1.82, 2.24) is 19.7 Å². The molecule has 2 aromatic rings. The Morgan fingerprint density at radius 2 is 1.94 bits per heavy atom. The van der Waals surface area contributed by atoms with E-state index in [-0.39, 0.29) is 17.9 Å². The van der Waals surface area contributed by atoms with Crippen LogP contribution in [0, 0.1) is 0 Å². The highest BCUT2D eigenvalue weighted by atomic mass is 16.5. The van der Waals surface area contributed by atoms with Crippen LogP contribution in [0.5, 0.6) is 0 Å². The highest BCUT2D eigenvalue weighted by Crippen LogP contribution is 2.20. The number of carbonyl (C=O) groups is 2. The number of amides is 2. The number of fused-ring (bicyclic) bond motifs is 1. The van der Waals surface area contributed by atoms with Gasteiger partial charge in [-0.25, -0.2) is 4.98 Å². The third-order valence-corrected chi connectivity index (χ3v) is 6.32. The summed E-state index contributed by atoms with van der Waals surface area (Å²) >= 11 is 0. The van der Waals surface area contributed by atoms with Crippen LogP contribution in [0.15, 0.2) is 36.4 Å². The minimum atomic E-state index is -0.0488. The van der Waals surface area contributed by atoms with E-state index < -0.39 is 0 Å². The monoisotopic (exact) mass is 424 g/mol. The second-order valence-corrected chi connectivity index (χ2v) is 8.46. The van der Waals surface area contributed by atoms with Gasteiger partial charge < -0.3 is 14.5 Å². The molecule has 0 N–H and O–H groups in total. The molecule has 0 spiro atoms. The number of benzene rings is 1. The second kappa shape index (κ2) is 10.2. The van der Waals surface area contributed by atoms with Crippen LogP contribution < -0.4 is 0 Å². The zero-order valence-electron chi connectivity index (χ0n) is 18.3. The summed E-state index contributed by atoms with van der Waals surface area (Å²) in [6.07, 6.45) is 2.78. The summed E-state index contributed by atoms with van der Waals surface area (Å²) in [6, 6.07) is 11.6. The smallest absolute Gasteiger partial charge is 0.272 e. The van der Waals surface area contributed by atoms with Gasteiger partial charge in [0.05, 0.1) is 18.7 Å². The number of morpholine rings is 1. The fourth-order valence-corrected chi connectivity index (χ4v) is 4.63. The molecule has 2 aliphatic heterocycles. The first-order valence-electron chi connectivity index (χ1n) is 11.3. The van der Waals surface area contributed by atoms with Crippen molar-refractivity contribution in [2.75, 3.05) is 52.5 Å². The van der Waals surface area contributed by atoms with Crippen LogP contribution >= 0.6 is 0 Å². The highest BCUT2D eigenvalue weighted by Gasteiger charge is 2.30. The Kier molecular flexibility index (Phi) is 7.14. The minimum absolute atomic E-state index is 0.0488. The quantitative estimate of drug-likeness (QED) is 0.713. The summed E-state index contributed by atoms with van der Waals surface area (Å²) in [5.41, 5.74) is 1.30. The Bertz CT molecular complexity index is 913. The number of hydrogen-bond acceptors (Lipinski definition) is 5. The number of likely N-dealkylation sites (tertiary alicyclic amines) is 1. The van der Waals surface area contributed by atoms with E-state index in [1.54, 1.807) is 13.0 Å². The molecule has 0 radical (unpaired) electrons. The van der Waals surface area contributed by atoms with Crippen molar-refractivity contribution in [3.05, 3.63) is 42.1 Å². The molecule has 7 heteroatoms. The maximum Gasteiger partial charge on any atom is 0.272 e. The third kappa shape index (κ3) is 5.40. The standard InChI is InChI=1S/C24H32N4O3/c1-19(29)28(13-5-11-26-14-16-31-17-15-26)21-7-4-12-27(18-21)24(30)23-10-9-20-6-2-3-8-22(20)25-23/h2-3,6,8-10,21H,4-5,7,11-18H2,1H3. The summed E-state index contributed by atoms with van der Waals surface area (Å²) in [5.74, 6) is 0.0392. The Hall–Kier alpha value is -2.51. The summed E-state index contributed by atoms with van der Waals surface area (Å²) in [6.45, 7) is 8.14. The summed E-state index contributed by atoms with van der Waals surface area (Å²) < 4.78 is 5.41. The fraction of sp³-hybridized carbons (Fsp3) is 0.542. The number of nitrogens with zero attached hydrogens (tertiary/aromatic N) is 4. The lowest BCUT2D eigenvalue weighted by molar-refractivity contribution is -0.132. The van der Waals surface area contributed by atoms with Gasteiger partial charge in [-0.05, 0) is 31.4 Å². The lowest BCUT2D eigenvalue weighted by Gasteiger charge is -2.39. The number of piperidine rings is 1. The molecule has 7 nitrogen and oxygen atoms in total. The number of hydrogen-bond donors (Lipinski definition) is 0. The predicted molar refractivity (Wildman–Crippen MR) is 120 cm³/mol. The van der Waals surface area contributed by atoms with Crippen LogP contribution in [0.3, 0.4) is 0 Å². The molecule has 0 saturated carbocycles. The van der Waals surface area contributed by atoms with Crippen molar-refractivity contribution < 1.29 is 14.3 Å². The zero-order valence-corrected chi connectivity index (χ0v) is 18.3. The maximum absolute atomic E-state index is 13.1. The van der Waals surface area contributed by atoms with Crippen molar-refractivity contribution in [3.8, 4) is 0 Å². The number of rotatable bonds is 6. The largest absolute Gasteiger partial charge is 0.379 e. The predicted octanol–water partition coefficient (Wildman–Crippen LogP) is 2.41. The van der Waals surface area contributed by atoms with Gasteiger partial charge in [0, 0.05) is 57.6 Å². The molecule has 0 aliphatic carbocycles. The average Bonchev–Trinajstić information content (AvgIpc) is 2.81. The van der Waals surface area contributed by atoms with Gasteiger partial charge in [0.15, 0.2) is 0 Å². The Balaban J connectivity index is 1.37. The van der Waals surface area contributed by atoms with E-state index in [1.807, 2.05) is 40.1 Å². The van der Waals surface area contributed by atoms with E-state index in [9.17, 15) is 9.59 Å². The molecule has 4 rings (SSSR count). The Morgan fingerprint density at radius 3 is 2.74 bits per heavy atom. The van der Waals surface area contributed by atoms with Gasteiger partial charge >= 0.3 is 0 Å². The third-order valence-electron chi connectivity index (χ3n) is 6.32. The molecule has 1 atom stereocenters. The van der Waals surface area contributed by atoms with Gasteiger partial charge in [0.25, 0.3) is 5.91 Å². The van der Waals surface area contributed by atoms with E-state index in [0.717, 1.165) is 69.6 Å². The number of para-hydroxylation sites is 1. The van der Waals surface area contributed by atoms with E-state index in [2.05, 4.69) is 9.88 Å². The molecule has 31 heavy (non-hydrogen) atoms. The van der Waals surface area contributed by atoms with Gasteiger partial charge in [0.1, 0.15) is 5.69 Å². The van der Waals surface area contributed by atoms with Crippen LogP contribution in [0.25, 0.3) is 10.9 Å². The van der Waals surface area contributed by atoms with Crippen molar-refractivity contribution >= 4 is 22.7 Å². The van der Waals surface area contributed by atoms with Gasteiger partial charge in [-0.1, -0.05) is 24.3 Å². The molecule has 2 aliphatic rings. The maximum atomic E-state index is 13.1. The molecule has 2 saturated heterocycles. The Morgan fingerprint density at radius 1 is 1.13 bits per heavy atom. The van der Waals surface area contributed by atoms with Crippen molar-refractivity contribution in [3.63, 3.8) is 0 Å². The van der Waals surface area contributed by atoms with Crippen molar-refractivity contribution in [2.24, 2.45) is 0 Å². The molecule has 0 bridgehead atoms. The van der Waals surface area contributed by atoms with Crippen LogP contribution in [0.4, 0.5) is 0 Å². The first-order valence-corrected chi connectivity index (χ1v) is 11.3. The topological polar surface area (TPSA) is 66.0 Å². The second-order valence-electron chi connectivity index (χ2n) is 8.46. The molecule has 166 valence electrons. The lowest BCUT2D eigenvalue weighted by atomic mass is 10.0. The molecule has 3 heterocycles. The minimum Gasteiger partial charge on any atom is -0.379 e. The Labute approximate surface area is 184 Å². The average molecular weight is 425 g/mol. The number of pyridine rings is 1. The first kappa shape index (κ1) is 21.7. The first-order chi connectivity index (χ1) is 15.1. The highest BCUT2D eigenvalue weighted by molar-refractivity contribution is 5.95. The van der Waals surface area contributed by atoms with Gasteiger partial charge in [0.2, 0.25) is 5.91 Å². The SMILES string of the molecule is CC(=O)N(CCCN1CCOCC1)C1CCCN(C(=O)c2ccc3ccccc3n2)C1. The van der Waals surface area contributed by atoms with Crippen molar-refractivity contribution in [1.29, 1.82) is 0 Å². The molecule has 2 fully saturated rings. The zero-order chi connectivity index (χ0) is 21.6. The molecule has 1 aromatic carbocycles. The number of ether oxygens (including phenoxy) is 1. The normalized spacial score (nSPS) is 20.0. The molecule has 1 unspecified atom stereocenters. The summed E-state index contributed by atoms with van der Waals surface area (Å²) in [4.78, 5) is 36.3. The van der Waals surface area contributed by atoms with Crippen LogP contribution in [0.2, 0.25) is 0 Å². The molecular formula is C24H32N4O3. The van der Waals surface area contributed by atoms with Crippen LogP contribution in [-0.4, -0.2) is 90.0 Å².